The van der Waals surface area contributed by atoms with Gasteiger partial charge >= 0.3 is 0 Å². The van der Waals surface area contributed by atoms with Crippen molar-refractivity contribution in [1.82, 2.24) is 0 Å². The molecule has 2 unspecified atom stereocenters. The van der Waals surface area contributed by atoms with Gasteiger partial charge in [-0.1, -0.05) is 19.3 Å². The van der Waals surface area contributed by atoms with Gasteiger partial charge < -0.3 is 10.5 Å². The summed E-state index contributed by atoms with van der Waals surface area (Å²) in [7, 11) is 0. The molecule has 0 aromatic rings. The molecular formula is C11H23NO. The molecule has 0 aromatic carbocycles. The summed E-state index contributed by atoms with van der Waals surface area (Å²) >= 11 is 0. The fourth-order valence-corrected chi connectivity index (χ4v) is 1.89. The van der Waals surface area contributed by atoms with E-state index in [1.807, 2.05) is 0 Å². The Morgan fingerprint density at radius 3 is 2.85 bits per heavy atom. The number of hydrogen-bond donors (Lipinski definition) is 1. The third-order valence-electron chi connectivity index (χ3n) is 2.71. The maximum absolute atomic E-state index is 5.67. The molecule has 1 aliphatic rings. The molecule has 0 aromatic heterocycles. The molecule has 1 rings (SSSR count). The molecule has 1 heterocycles. The quantitative estimate of drug-likeness (QED) is 0.645. The Labute approximate surface area is 81.8 Å². The molecule has 13 heavy (non-hydrogen) atoms. The van der Waals surface area contributed by atoms with E-state index in [4.69, 9.17) is 10.5 Å². The van der Waals surface area contributed by atoms with E-state index in [2.05, 4.69) is 6.92 Å². The van der Waals surface area contributed by atoms with Gasteiger partial charge in [0.1, 0.15) is 0 Å². The summed E-state index contributed by atoms with van der Waals surface area (Å²) < 4.78 is 5.56. The van der Waals surface area contributed by atoms with E-state index in [1.54, 1.807) is 0 Å². The van der Waals surface area contributed by atoms with Crippen LogP contribution in [0.5, 0.6) is 0 Å². The van der Waals surface area contributed by atoms with Gasteiger partial charge in [-0.3, -0.25) is 0 Å². The maximum atomic E-state index is 5.67. The Kier molecular flexibility index (Phi) is 5.40. The van der Waals surface area contributed by atoms with E-state index in [1.165, 1.54) is 44.9 Å². The predicted octanol–water partition coefficient (Wildman–Crippen LogP) is 2.46. The van der Waals surface area contributed by atoms with Crippen molar-refractivity contribution in [3.8, 4) is 0 Å². The van der Waals surface area contributed by atoms with Crippen LogP contribution in [0.25, 0.3) is 0 Å². The van der Waals surface area contributed by atoms with Gasteiger partial charge in [-0.05, 0) is 32.6 Å². The zero-order valence-corrected chi connectivity index (χ0v) is 8.80. The largest absolute Gasteiger partial charge is 0.378 e. The van der Waals surface area contributed by atoms with Crippen LogP contribution < -0.4 is 5.73 Å². The molecule has 2 atom stereocenters. The average Bonchev–Trinajstić information content (AvgIpc) is 2.55. The summed E-state index contributed by atoms with van der Waals surface area (Å²) in [4.78, 5) is 0. The molecule has 0 amide bonds. The summed E-state index contributed by atoms with van der Waals surface area (Å²) in [5, 5.41) is 0. The number of nitrogens with two attached hydrogens (primary N) is 1. The smallest absolute Gasteiger partial charge is 0.0576 e. The van der Waals surface area contributed by atoms with E-state index in [9.17, 15) is 0 Å². The average molecular weight is 185 g/mol. The summed E-state index contributed by atoms with van der Waals surface area (Å²) in [6.45, 7) is 3.07. The standard InChI is InChI=1S/C11H23NO/c1-10(12)6-3-2-4-7-11-8-5-9-13-11/h10-11H,2-9,12H2,1H3. The van der Waals surface area contributed by atoms with Gasteiger partial charge in [0.25, 0.3) is 0 Å². The summed E-state index contributed by atoms with van der Waals surface area (Å²) in [6, 6.07) is 0.378. The first-order chi connectivity index (χ1) is 6.29. The molecule has 1 aliphatic heterocycles. The lowest BCUT2D eigenvalue weighted by Gasteiger charge is -2.09. The summed E-state index contributed by atoms with van der Waals surface area (Å²) in [5.41, 5.74) is 5.67. The molecule has 2 N–H and O–H groups in total. The van der Waals surface area contributed by atoms with Crippen LogP contribution in [0.2, 0.25) is 0 Å². The predicted molar refractivity (Wildman–Crippen MR) is 55.7 cm³/mol. The SMILES string of the molecule is CC(N)CCCCCC1CCCO1. The van der Waals surface area contributed by atoms with Gasteiger partial charge in [0.2, 0.25) is 0 Å². The second-order valence-corrected chi connectivity index (χ2v) is 4.25. The van der Waals surface area contributed by atoms with Crippen molar-refractivity contribution >= 4 is 0 Å². The lowest BCUT2D eigenvalue weighted by atomic mass is 10.1. The lowest BCUT2D eigenvalue weighted by molar-refractivity contribution is 0.102. The van der Waals surface area contributed by atoms with Gasteiger partial charge in [0, 0.05) is 12.6 Å². The highest BCUT2D eigenvalue weighted by Crippen LogP contribution is 2.18. The van der Waals surface area contributed by atoms with Crippen LogP contribution in [0.1, 0.15) is 51.9 Å². The third-order valence-corrected chi connectivity index (χ3v) is 2.71. The highest BCUT2D eigenvalue weighted by molar-refractivity contribution is 4.64. The van der Waals surface area contributed by atoms with Crippen molar-refractivity contribution < 1.29 is 4.74 Å². The van der Waals surface area contributed by atoms with Crippen LogP contribution in [-0.2, 0) is 4.74 Å². The molecule has 0 radical (unpaired) electrons. The Bertz CT molecular complexity index is 119. The minimum atomic E-state index is 0.378. The fraction of sp³-hybridized carbons (Fsp3) is 1.00. The normalized spacial score (nSPS) is 24.9. The molecular weight excluding hydrogens is 162 g/mol. The number of unbranched alkanes of at least 4 members (excludes halogenated alkanes) is 2. The van der Waals surface area contributed by atoms with Crippen LogP contribution in [0.4, 0.5) is 0 Å². The molecule has 0 spiro atoms. The van der Waals surface area contributed by atoms with Crippen LogP contribution >= 0.6 is 0 Å². The van der Waals surface area contributed by atoms with Gasteiger partial charge in [0.15, 0.2) is 0 Å². The molecule has 1 fully saturated rings. The maximum Gasteiger partial charge on any atom is 0.0576 e. The number of hydrogen-bond acceptors (Lipinski definition) is 2. The van der Waals surface area contributed by atoms with E-state index in [-0.39, 0.29) is 0 Å². The summed E-state index contributed by atoms with van der Waals surface area (Å²) in [5.74, 6) is 0. The van der Waals surface area contributed by atoms with Crippen molar-refractivity contribution in [1.29, 1.82) is 0 Å². The Hall–Kier alpha value is -0.0800. The highest BCUT2D eigenvalue weighted by atomic mass is 16.5. The van der Waals surface area contributed by atoms with Crippen molar-refractivity contribution in [2.45, 2.75) is 64.0 Å². The van der Waals surface area contributed by atoms with E-state index in [0.29, 0.717) is 12.1 Å². The molecule has 2 heteroatoms. The van der Waals surface area contributed by atoms with Crippen LogP contribution in [0.3, 0.4) is 0 Å². The monoisotopic (exact) mass is 185 g/mol. The minimum absolute atomic E-state index is 0.378. The number of ether oxygens (including phenoxy) is 1. The molecule has 1 saturated heterocycles. The van der Waals surface area contributed by atoms with Gasteiger partial charge in [-0.15, -0.1) is 0 Å². The third kappa shape index (κ3) is 5.27. The van der Waals surface area contributed by atoms with E-state index < -0.39 is 0 Å². The minimum Gasteiger partial charge on any atom is -0.378 e. The van der Waals surface area contributed by atoms with Gasteiger partial charge in [0.05, 0.1) is 6.10 Å². The second-order valence-electron chi connectivity index (χ2n) is 4.25. The van der Waals surface area contributed by atoms with Gasteiger partial charge in [-0.2, -0.15) is 0 Å². The van der Waals surface area contributed by atoms with E-state index in [0.717, 1.165) is 6.61 Å². The van der Waals surface area contributed by atoms with Crippen molar-refractivity contribution in [3.63, 3.8) is 0 Å². The fourth-order valence-electron chi connectivity index (χ4n) is 1.89. The zero-order valence-electron chi connectivity index (χ0n) is 8.80. The Morgan fingerprint density at radius 1 is 1.38 bits per heavy atom. The molecule has 2 nitrogen and oxygen atoms in total. The molecule has 0 bridgehead atoms. The van der Waals surface area contributed by atoms with Crippen LogP contribution in [0, 0.1) is 0 Å². The van der Waals surface area contributed by atoms with E-state index >= 15 is 0 Å². The zero-order chi connectivity index (χ0) is 9.52. The number of rotatable bonds is 6. The van der Waals surface area contributed by atoms with Crippen LogP contribution in [-0.4, -0.2) is 18.8 Å². The molecule has 0 aliphatic carbocycles. The molecule has 78 valence electrons. The molecule has 0 saturated carbocycles. The Balaban J connectivity index is 1.83. The van der Waals surface area contributed by atoms with Crippen molar-refractivity contribution in [2.75, 3.05) is 6.61 Å². The second kappa shape index (κ2) is 6.39. The first-order valence-electron chi connectivity index (χ1n) is 5.66. The first kappa shape index (κ1) is 11.0. The highest BCUT2D eigenvalue weighted by Gasteiger charge is 2.14. The first-order valence-corrected chi connectivity index (χ1v) is 5.66. The van der Waals surface area contributed by atoms with Crippen molar-refractivity contribution in [2.24, 2.45) is 5.73 Å². The summed E-state index contributed by atoms with van der Waals surface area (Å²) in [6.07, 6.45) is 9.49. The topological polar surface area (TPSA) is 35.2 Å². The Morgan fingerprint density at radius 2 is 2.23 bits per heavy atom. The van der Waals surface area contributed by atoms with Gasteiger partial charge in [-0.25, -0.2) is 0 Å². The van der Waals surface area contributed by atoms with Crippen LogP contribution in [0.15, 0.2) is 0 Å². The lowest BCUT2D eigenvalue weighted by Crippen LogP contribution is -2.14. The van der Waals surface area contributed by atoms with Crippen molar-refractivity contribution in [3.05, 3.63) is 0 Å².